The van der Waals surface area contributed by atoms with E-state index < -0.39 is 17.9 Å². The van der Waals surface area contributed by atoms with Crippen LogP contribution in [-0.4, -0.2) is 24.5 Å². The normalized spacial score (nSPS) is 11.3. The first-order valence-corrected chi connectivity index (χ1v) is 12.4. The van der Waals surface area contributed by atoms with E-state index in [1.165, 1.54) is 6.08 Å². The molecule has 1 atom stereocenters. The van der Waals surface area contributed by atoms with Crippen molar-refractivity contribution in [3.8, 4) is 11.5 Å². The number of rotatable bonds is 11. The van der Waals surface area contributed by atoms with E-state index in [1.54, 1.807) is 42.5 Å². The predicted molar refractivity (Wildman–Crippen MR) is 150 cm³/mol. The van der Waals surface area contributed by atoms with Crippen LogP contribution in [0.1, 0.15) is 21.5 Å². The van der Waals surface area contributed by atoms with Crippen molar-refractivity contribution in [1.82, 2.24) is 5.32 Å². The molecule has 2 amide bonds. The third kappa shape index (κ3) is 7.32. The average Bonchev–Trinajstić information content (AvgIpc) is 2.94. The highest BCUT2D eigenvalue weighted by Gasteiger charge is 2.23. The molecule has 0 bridgehead atoms. The number of benzene rings is 4. The third-order valence-corrected chi connectivity index (χ3v) is 5.95. The number of carbonyl (C=O) groups excluding carboxylic acids is 2. The largest absolute Gasteiger partial charge is 0.457 e. The van der Waals surface area contributed by atoms with Crippen molar-refractivity contribution >= 4 is 35.2 Å². The van der Waals surface area contributed by atoms with E-state index in [2.05, 4.69) is 17.2 Å². The Balaban J connectivity index is 1.45. The molecule has 0 saturated heterocycles. The maximum absolute atomic E-state index is 13.2. The molecule has 1 unspecified atom stereocenters. The number of carbonyl (C=O) groups is 2. The Labute approximate surface area is 226 Å². The molecule has 7 heteroatoms. The number of hydrogen-bond donors (Lipinski definition) is 2. The zero-order chi connectivity index (χ0) is 26.7. The molecule has 0 radical (unpaired) electrons. The number of anilines is 1. The Hall–Kier alpha value is -4.39. The van der Waals surface area contributed by atoms with Gasteiger partial charge >= 0.3 is 0 Å². The van der Waals surface area contributed by atoms with Gasteiger partial charge in [0.15, 0.2) is 0 Å². The van der Waals surface area contributed by atoms with Gasteiger partial charge in [-0.2, -0.15) is 0 Å². The molecule has 38 heavy (non-hydrogen) atoms. The number of ether oxygens (including phenoxy) is 2. The number of halogens is 1. The summed E-state index contributed by atoms with van der Waals surface area (Å²) >= 11 is 6.23. The van der Waals surface area contributed by atoms with Gasteiger partial charge in [-0.1, -0.05) is 78.9 Å². The van der Waals surface area contributed by atoms with E-state index in [9.17, 15) is 9.59 Å². The maximum Gasteiger partial charge on any atom is 0.252 e. The van der Waals surface area contributed by atoms with Gasteiger partial charge in [-0.25, -0.2) is 0 Å². The monoisotopic (exact) mass is 526 g/mol. The van der Waals surface area contributed by atoms with Crippen LogP contribution in [-0.2, 0) is 16.1 Å². The van der Waals surface area contributed by atoms with Gasteiger partial charge in [0.2, 0.25) is 5.91 Å². The summed E-state index contributed by atoms with van der Waals surface area (Å²) in [4.78, 5) is 26.4. The molecule has 0 aliphatic carbocycles. The molecule has 192 valence electrons. The van der Waals surface area contributed by atoms with Gasteiger partial charge in [0, 0.05) is 21.8 Å². The molecule has 0 heterocycles. The van der Waals surface area contributed by atoms with Crippen molar-refractivity contribution in [3.63, 3.8) is 0 Å². The molecular weight excluding hydrogens is 500 g/mol. The molecule has 6 nitrogen and oxygen atoms in total. The molecule has 0 saturated carbocycles. The first kappa shape index (κ1) is 26.7. The van der Waals surface area contributed by atoms with Crippen LogP contribution in [0, 0.1) is 0 Å². The van der Waals surface area contributed by atoms with Crippen molar-refractivity contribution in [2.75, 3.05) is 11.9 Å². The highest BCUT2D eigenvalue weighted by atomic mass is 35.5. The standard InChI is InChI=1S/C31H27ClN2O4/c1-2-26-27(14-9-15-28(26)32)30(35)34-29(21-37-20-22-10-5-3-6-11-22)31(36)33-23-16-18-25(19-17-23)38-24-12-7-4-8-13-24/h2-19,29H,1,20-21H2,(H,33,36)(H,34,35). The van der Waals surface area contributed by atoms with Crippen LogP contribution < -0.4 is 15.4 Å². The van der Waals surface area contributed by atoms with Crippen molar-refractivity contribution in [2.45, 2.75) is 12.6 Å². The van der Waals surface area contributed by atoms with E-state index in [0.29, 0.717) is 39.9 Å². The molecular formula is C31H27ClN2O4. The summed E-state index contributed by atoms with van der Waals surface area (Å²) in [5.74, 6) is 0.452. The van der Waals surface area contributed by atoms with Gasteiger partial charge in [0.1, 0.15) is 17.5 Å². The topological polar surface area (TPSA) is 76.7 Å². The average molecular weight is 527 g/mol. The van der Waals surface area contributed by atoms with Crippen LogP contribution >= 0.6 is 11.6 Å². The van der Waals surface area contributed by atoms with Gasteiger partial charge < -0.3 is 20.1 Å². The molecule has 4 aromatic rings. The lowest BCUT2D eigenvalue weighted by molar-refractivity contribution is -0.119. The fourth-order valence-corrected chi connectivity index (χ4v) is 3.94. The number of hydrogen-bond acceptors (Lipinski definition) is 4. The highest BCUT2D eigenvalue weighted by Crippen LogP contribution is 2.23. The summed E-state index contributed by atoms with van der Waals surface area (Å²) in [5, 5.41) is 6.02. The Kier molecular flexibility index (Phi) is 9.29. The summed E-state index contributed by atoms with van der Waals surface area (Å²) < 4.78 is 11.6. The zero-order valence-electron chi connectivity index (χ0n) is 20.6. The Morgan fingerprint density at radius 1 is 0.842 bits per heavy atom. The van der Waals surface area contributed by atoms with Crippen LogP contribution in [0.15, 0.2) is 110 Å². The first-order chi connectivity index (χ1) is 18.5. The minimum Gasteiger partial charge on any atom is -0.457 e. The second-order valence-electron chi connectivity index (χ2n) is 8.36. The molecule has 2 N–H and O–H groups in total. The van der Waals surface area contributed by atoms with Crippen molar-refractivity contribution < 1.29 is 19.1 Å². The van der Waals surface area contributed by atoms with Crippen LogP contribution in [0.4, 0.5) is 5.69 Å². The summed E-state index contributed by atoms with van der Waals surface area (Å²) in [7, 11) is 0. The van der Waals surface area contributed by atoms with Gasteiger partial charge in [0.05, 0.1) is 13.2 Å². The molecule has 0 aromatic heterocycles. The Morgan fingerprint density at radius 2 is 1.50 bits per heavy atom. The molecule has 4 aromatic carbocycles. The Morgan fingerprint density at radius 3 is 2.18 bits per heavy atom. The summed E-state index contributed by atoms with van der Waals surface area (Å²) in [6.45, 7) is 4.00. The van der Waals surface area contributed by atoms with Gasteiger partial charge in [-0.05, 0) is 54.1 Å². The van der Waals surface area contributed by atoms with E-state index in [1.807, 2.05) is 60.7 Å². The molecule has 0 fully saturated rings. The third-order valence-electron chi connectivity index (χ3n) is 5.62. The molecule has 4 rings (SSSR count). The van der Waals surface area contributed by atoms with Crippen molar-refractivity contribution in [3.05, 3.63) is 131 Å². The lowest BCUT2D eigenvalue weighted by atomic mass is 10.1. The van der Waals surface area contributed by atoms with E-state index in [0.717, 1.165) is 5.56 Å². The van der Waals surface area contributed by atoms with Crippen molar-refractivity contribution in [2.24, 2.45) is 0 Å². The Bertz CT molecular complexity index is 1380. The summed E-state index contributed by atoms with van der Waals surface area (Å²) in [6, 6.07) is 30.0. The first-order valence-electron chi connectivity index (χ1n) is 12.0. The molecule has 0 spiro atoms. The summed E-state index contributed by atoms with van der Waals surface area (Å²) in [6.07, 6.45) is 1.51. The second-order valence-corrected chi connectivity index (χ2v) is 8.77. The number of nitrogens with one attached hydrogen (secondary N) is 2. The van der Waals surface area contributed by atoms with Gasteiger partial charge in [-0.15, -0.1) is 0 Å². The highest BCUT2D eigenvalue weighted by molar-refractivity contribution is 6.32. The van der Waals surface area contributed by atoms with E-state index in [4.69, 9.17) is 21.1 Å². The molecule has 0 aliphatic rings. The lowest BCUT2D eigenvalue weighted by Crippen LogP contribution is -2.47. The van der Waals surface area contributed by atoms with Crippen LogP contribution in [0.2, 0.25) is 5.02 Å². The van der Waals surface area contributed by atoms with Crippen LogP contribution in [0.25, 0.3) is 6.08 Å². The fraction of sp³-hybridized carbons (Fsp3) is 0.0968. The maximum atomic E-state index is 13.2. The minimum atomic E-state index is -0.969. The predicted octanol–water partition coefficient (Wildman–Crippen LogP) is 6.73. The zero-order valence-corrected chi connectivity index (χ0v) is 21.4. The minimum absolute atomic E-state index is 0.0361. The summed E-state index contributed by atoms with van der Waals surface area (Å²) in [5.41, 5.74) is 2.31. The van der Waals surface area contributed by atoms with E-state index >= 15 is 0 Å². The molecule has 0 aliphatic heterocycles. The second kappa shape index (κ2) is 13.2. The van der Waals surface area contributed by atoms with Crippen molar-refractivity contribution in [1.29, 1.82) is 0 Å². The number of para-hydroxylation sites is 1. The smallest absolute Gasteiger partial charge is 0.252 e. The SMILES string of the molecule is C=Cc1c(Cl)cccc1C(=O)NC(COCc1ccccc1)C(=O)Nc1ccc(Oc2ccccc2)cc1. The van der Waals surface area contributed by atoms with Crippen LogP contribution in [0.3, 0.4) is 0 Å². The quantitative estimate of drug-likeness (QED) is 0.227. The lowest BCUT2D eigenvalue weighted by Gasteiger charge is -2.20. The van der Waals surface area contributed by atoms with Crippen LogP contribution in [0.5, 0.6) is 11.5 Å². The number of amides is 2. The van der Waals surface area contributed by atoms with E-state index in [-0.39, 0.29) is 6.61 Å². The van der Waals surface area contributed by atoms with Gasteiger partial charge in [0.25, 0.3) is 5.91 Å². The fourth-order valence-electron chi connectivity index (χ4n) is 3.69. The van der Waals surface area contributed by atoms with Gasteiger partial charge in [-0.3, -0.25) is 9.59 Å².